The predicted molar refractivity (Wildman–Crippen MR) is 95.8 cm³/mol. The van der Waals surface area contributed by atoms with Gasteiger partial charge in [0.15, 0.2) is 5.96 Å². The van der Waals surface area contributed by atoms with Gasteiger partial charge in [0.1, 0.15) is 6.54 Å². The van der Waals surface area contributed by atoms with Crippen molar-refractivity contribution in [2.45, 2.75) is 26.8 Å². The fraction of sp³-hybridized carbons (Fsp3) is 0.875. The standard InChI is InChI=1S/C16H34N6O/c1-6-17-16(19-13-15(23)20(4)5)18-12-14(3)22-10-8-21(7-2)9-11-22/h14H,6-13H2,1-5H3,(H2,17,18,19). The molecule has 0 aliphatic carbocycles. The minimum absolute atomic E-state index is 0.00550. The molecule has 2 N–H and O–H groups in total. The van der Waals surface area contributed by atoms with Crippen molar-refractivity contribution in [3.05, 3.63) is 0 Å². The van der Waals surface area contributed by atoms with Crippen LogP contribution in [0.1, 0.15) is 20.8 Å². The third-order valence-corrected chi connectivity index (χ3v) is 4.26. The van der Waals surface area contributed by atoms with Gasteiger partial charge in [-0.15, -0.1) is 0 Å². The number of amides is 1. The molecule has 1 rings (SSSR count). The largest absolute Gasteiger partial charge is 0.357 e. The van der Waals surface area contributed by atoms with Crippen LogP contribution in [0.15, 0.2) is 4.99 Å². The monoisotopic (exact) mass is 326 g/mol. The first-order valence-electron chi connectivity index (χ1n) is 8.66. The van der Waals surface area contributed by atoms with E-state index in [0.717, 1.165) is 45.8 Å². The summed E-state index contributed by atoms with van der Waals surface area (Å²) in [5.41, 5.74) is 0. The third-order valence-electron chi connectivity index (χ3n) is 4.26. The molecule has 1 fully saturated rings. The number of aliphatic imine (C=N–C) groups is 1. The van der Waals surface area contributed by atoms with Crippen LogP contribution in [-0.2, 0) is 4.79 Å². The van der Waals surface area contributed by atoms with Crippen molar-refractivity contribution < 1.29 is 4.79 Å². The fourth-order valence-electron chi connectivity index (χ4n) is 2.52. The average Bonchev–Trinajstić information content (AvgIpc) is 2.56. The lowest BCUT2D eigenvalue weighted by molar-refractivity contribution is -0.127. The Bertz CT molecular complexity index is 377. The zero-order valence-corrected chi connectivity index (χ0v) is 15.4. The zero-order chi connectivity index (χ0) is 17.2. The molecule has 1 aliphatic rings. The van der Waals surface area contributed by atoms with E-state index in [0.29, 0.717) is 12.0 Å². The number of hydrogen-bond donors (Lipinski definition) is 2. The summed E-state index contributed by atoms with van der Waals surface area (Å²) in [6, 6.07) is 0.447. The molecule has 134 valence electrons. The average molecular weight is 326 g/mol. The second-order valence-electron chi connectivity index (χ2n) is 6.18. The molecule has 23 heavy (non-hydrogen) atoms. The van der Waals surface area contributed by atoms with Gasteiger partial charge in [-0.05, 0) is 20.4 Å². The second kappa shape index (κ2) is 10.4. The van der Waals surface area contributed by atoms with Crippen LogP contribution in [0.4, 0.5) is 0 Å². The van der Waals surface area contributed by atoms with Crippen molar-refractivity contribution >= 4 is 11.9 Å². The minimum atomic E-state index is 0.00550. The molecule has 1 aliphatic heterocycles. The number of carbonyl (C=O) groups excluding carboxylic acids is 1. The zero-order valence-electron chi connectivity index (χ0n) is 15.4. The molecule has 1 heterocycles. The number of rotatable bonds is 7. The summed E-state index contributed by atoms with van der Waals surface area (Å²) in [4.78, 5) is 22.5. The highest BCUT2D eigenvalue weighted by Crippen LogP contribution is 2.05. The quantitative estimate of drug-likeness (QED) is 0.495. The Morgan fingerprint density at radius 2 is 1.83 bits per heavy atom. The van der Waals surface area contributed by atoms with E-state index in [9.17, 15) is 4.79 Å². The Kier molecular flexibility index (Phi) is 8.94. The molecule has 0 radical (unpaired) electrons. The molecule has 0 aromatic carbocycles. The number of nitrogens with one attached hydrogen (secondary N) is 2. The smallest absolute Gasteiger partial charge is 0.243 e. The van der Waals surface area contributed by atoms with Crippen LogP contribution >= 0.6 is 0 Å². The lowest BCUT2D eigenvalue weighted by Crippen LogP contribution is -2.53. The van der Waals surface area contributed by atoms with Crippen LogP contribution in [0, 0.1) is 0 Å². The van der Waals surface area contributed by atoms with Gasteiger partial charge in [-0.3, -0.25) is 9.69 Å². The highest BCUT2D eigenvalue weighted by atomic mass is 16.2. The maximum absolute atomic E-state index is 11.6. The molecular weight excluding hydrogens is 292 g/mol. The highest BCUT2D eigenvalue weighted by Gasteiger charge is 2.20. The molecule has 0 spiro atoms. The van der Waals surface area contributed by atoms with Gasteiger partial charge in [0, 0.05) is 59.4 Å². The maximum atomic E-state index is 11.6. The molecule has 1 atom stereocenters. The summed E-state index contributed by atoms with van der Waals surface area (Å²) in [6.07, 6.45) is 0. The summed E-state index contributed by atoms with van der Waals surface area (Å²) in [5, 5.41) is 6.54. The van der Waals surface area contributed by atoms with Gasteiger partial charge >= 0.3 is 0 Å². The van der Waals surface area contributed by atoms with E-state index < -0.39 is 0 Å². The van der Waals surface area contributed by atoms with Crippen LogP contribution < -0.4 is 10.6 Å². The summed E-state index contributed by atoms with van der Waals surface area (Å²) in [7, 11) is 3.49. The summed E-state index contributed by atoms with van der Waals surface area (Å²) < 4.78 is 0. The van der Waals surface area contributed by atoms with Crippen LogP contribution in [0.25, 0.3) is 0 Å². The first-order chi connectivity index (χ1) is 11.0. The Balaban J connectivity index is 2.42. The molecule has 0 saturated carbocycles. The summed E-state index contributed by atoms with van der Waals surface area (Å²) in [5.74, 6) is 0.715. The molecule has 1 saturated heterocycles. The van der Waals surface area contributed by atoms with Gasteiger partial charge < -0.3 is 20.4 Å². The van der Waals surface area contributed by atoms with Crippen LogP contribution in [-0.4, -0.2) is 99.1 Å². The van der Waals surface area contributed by atoms with Crippen molar-refractivity contribution in [3.8, 4) is 0 Å². The van der Waals surface area contributed by atoms with E-state index >= 15 is 0 Å². The molecule has 1 amide bonds. The van der Waals surface area contributed by atoms with Crippen molar-refractivity contribution in [1.82, 2.24) is 25.3 Å². The van der Waals surface area contributed by atoms with Crippen molar-refractivity contribution in [1.29, 1.82) is 0 Å². The topological polar surface area (TPSA) is 63.2 Å². The molecular formula is C16H34N6O. The first-order valence-corrected chi connectivity index (χ1v) is 8.66. The van der Waals surface area contributed by atoms with Crippen LogP contribution in [0.3, 0.4) is 0 Å². The molecule has 0 aromatic rings. The van der Waals surface area contributed by atoms with E-state index in [4.69, 9.17) is 0 Å². The van der Waals surface area contributed by atoms with Crippen LogP contribution in [0.2, 0.25) is 0 Å². The van der Waals surface area contributed by atoms with Gasteiger partial charge in [-0.1, -0.05) is 6.92 Å². The molecule has 1 unspecified atom stereocenters. The van der Waals surface area contributed by atoms with Gasteiger partial charge in [0.25, 0.3) is 0 Å². The number of likely N-dealkylation sites (N-methyl/N-ethyl adjacent to an activating group) is 2. The minimum Gasteiger partial charge on any atom is -0.357 e. The number of carbonyl (C=O) groups is 1. The Labute approximate surface area is 141 Å². The SMILES string of the molecule is CCNC(=NCC(=O)N(C)C)NCC(C)N1CCN(CC)CC1. The van der Waals surface area contributed by atoms with Gasteiger partial charge in [-0.25, -0.2) is 4.99 Å². The molecule has 7 nitrogen and oxygen atoms in total. The number of piperazine rings is 1. The van der Waals surface area contributed by atoms with Crippen molar-refractivity contribution in [2.24, 2.45) is 4.99 Å². The van der Waals surface area contributed by atoms with E-state index in [1.54, 1.807) is 19.0 Å². The van der Waals surface area contributed by atoms with E-state index in [1.165, 1.54) is 0 Å². The number of nitrogens with zero attached hydrogens (tertiary/aromatic N) is 4. The summed E-state index contributed by atoms with van der Waals surface area (Å²) in [6.45, 7) is 13.9. The third kappa shape index (κ3) is 7.18. The highest BCUT2D eigenvalue weighted by molar-refractivity contribution is 5.84. The summed E-state index contributed by atoms with van der Waals surface area (Å²) >= 11 is 0. The Morgan fingerprint density at radius 3 is 2.35 bits per heavy atom. The lowest BCUT2D eigenvalue weighted by atomic mass is 10.2. The molecule has 7 heteroatoms. The lowest BCUT2D eigenvalue weighted by Gasteiger charge is -2.37. The number of guanidine groups is 1. The van der Waals surface area contributed by atoms with Gasteiger partial charge in [0.2, 0.25) is 5.91 Å². The number of hydrogen-bond acceptors (Lipinski definition) is 4. The fourth-order valence-corrected chi connectivity index (χ4v) is 2.52. The van der Waals surface area contributed by atoms with E-state index in [-0.39, 0.29) is 12.5 Å². The maximum Gasteiger partial charge on any atom is 0.243 e. The van der Waals surface area contributed by atoms with E-state index in [2.05, 4.69) is 39.3 Å². The van der Waals surface area contributed by atoms with Gasteiger partial charge in [-0.2, -0.15) is 0 Å². The van der Waals surface area contributed by atoms with Crippen molar-refractivity contribution in [3.63, 3.8) is 0 Å². The van der Waals surface area contributed by atoms with Gasteiger partial charge in [0.05, 0.1) is 0 Å². The first kappa shape index (κ1) is 19.7. The second-order valence-corrected chi connectivity index (χ2v) is 6.18. The Morgan fingerprint density at radius 1 is 1.17 bits per heavy atom. The molecule has 0 bridgehead atoms. The normalized spacial score (nSPS) is 18.6. The Hall–Kier alpha value is -1.34. The predicted octanol–water partition coefficient (Wildman–Crippen LogP) is -0.344. The molecule has 0 aromatic heterocycles. The van der Waals surface area contributed by atoms with Crippen molar-refractivity contribution in [2.75, 3.05) is 66.5 Å². The van der Waals surface area contributed by atoms with Crippen LogP contribution in [0.5, 0.6) is 0 Å². The van der Waals surface area contributed by atoms with E-state index in [1.807, 2.05) is 6.92 Å².